The Hall–Kier alpha value is -7.12. The first-order chi connectivity index (χ1) is 25.1. The lowest BCUT2D eigenvalue weighted by atomic mass is 9.85. The van der Waals surface area contributed by atoms with Crippen molar-refractivity contribution in [3.63, 3.8) is 0 Å². The summed E-state index contributed by atoms with van der Waals surface area (Å²) in [4.78, 5) is 33.1. The summed E-state index contributed by atoms with van der Waals surface area (Å²) in [6.07, 6.45) is 13.2. The first kappa shape index (κ1) is 30.0. The van der Waals surface area contributed by atoms with Gasteiger partial charge in [-0.05, 0) is 64.8 Å². The molecule has 0 spiro atoms. The van der Waals surface area contributed by atoms with E-state index in [9.17, 15) is 10.1 Å². The Morgan fingerprint density at radius 3 is 1.47 bits per heavy atom. The van der Waals surface area contributed by atoms with Gasteiger partial charge in [-0.2, -0.15) is 0 Å². The van der Waals surface area contributed by atoms with E-state index < -0.39 is 0 Å². The second-order valence-corrected chi connectivity index (χ2v) is 12.3. The van der Waals surface area contributed by atoms with Crippen molar-refractivity contribution in [3.8, 4) is 0 Å². The Bertz CT molecular complexity index is 2540. The van der Waals surface area contributed by atoms with Crippen LogP contribution in [0.1, 0.15) is 22.3 Å². The van der Waals surface area contributed by atoms with E-state index in [4.69, 9.17) is 20.0 Å². The van der Waals surface area contributed by atoms with Gasteiger partial charge < -0.3 is 0 Å². The summed E-state index contributed by atoms with van der Waals surface area (Å²) in [6.45, 7) is 0. The number of fused-ring (bicyclic) bond motifs is 4. The minimum absolute atomic E-state index is 0.0905. The van der Waals surface area contributed by atoms with Crippen LogP contribution in [0.3, 0.4) is 0 Å². The van der Waals surface area contributed by atoms with Gasteiger partial charge >= 0.3 is 5.70 Å². The summed E-state index contributed by atoms with van der Waals surface area (Å²) in [7, 11) is 0. The number of rotatable bonds is 5. The molecule has 5 aliphatic heterocycles. The smallest absolute Gasteiger partial charge is 0.258 e. The van der Waals surface area contributed by atoms with Gasteiger partial charge in [-0.25, -0.2) is 20.0 Å². The highest BCUT2D eigenvalue weighted by atomic mass is 16.6. The topological polar surface area (TPSA) is 92.6 Å². The van der Waals surface area contributed by atoms with Gasteiger partial charge in [0.1, 0.15) is 5.71 Å². The summed E-state index contributed by atoms with van der Waals surface area (Å²) in [5.74, 6) is 0. The van der Waals surface area contributed by atoms with E-state index in [1.165, 1.54) is 0 Å². The fraction of sp³-hybridized carbons (Fsp3) is 0. The number of hydrogen-bond donors (Lipinski definition) is 0. The molecular formula is C44H27N5O2. The van der Waals surface area contributed by atoms with Crippen LogP contribution in [-0.4, -0.2) is 27.8 Å². The van der Waals surface area contributed by atoms with E-state index >= 15 is 0 Å². The third-order valence-corrected chi connectivity index (χ3v) is 9.06. The van der Waals surface area contributed by atoms with E-state index in [0.717, 1.165) is 44.9 Å². The lowest BCUT2D eigenvalue weighted by Crippen LogP contribution is -2.09. The number of nitrogens with zero attached hydrogens (tertiary/aromatic N) is 5. The van der Waals surface area contributed by atoms with Crippen molar-refractivity contribution in [2.24, 2.45) is 20.0 Å². The molecule has 5 aliphatic rings. The fourth-order valence-electron chi connectivity index (χ4n) is 6.89. The third kappa shape index (κ3) is 5.43. The minimum Gasteiger partial charge on any atom is -0.258 e. The van der Waals surface area contributed by atoms with Gasteiger partial charge in [0.2, 0.25) is 0 Å². The second-order valence-electron chi connectivity index (χ2n) is 12.3. The Kier molecular flexibility index (Phi) is 7.29. The minimum atomic E-state index is -0.336. The van der Waals surface area contributed by atoms with Crippen molar-refractivity contribution in [1.29, 1.82) is 0 Å². The van der Waals surface area contributed by atoms with Gasteiger partial charge in [0.05, 0.1) is 50.4 Å². The lowest BCUT2D eigenvalue weighted by Gasteiger charge is -2.17. The molecule has 0 fully saturated rings. The molecule has 0 saturated carbocycles. The third-order valence-electron chi connectivity index (χ3n) is 9.06. The van der Waals surface area contributed by atoms with Gasteiger partial charge in [0.25, 0.3) is 0 Å². The zero-order valence-electron chi connectivity index (χ0n) is 27.1. The molecular weight excluding hydrogens is 631 g/mol. The average Bonchev–Trinajstić information content (AvgIpc) is 3.96. The van der Waals surface area contributed by atoms with E-state index in [1.54, 1.807) is 6.08 Å². The molecule has 7 heteroatoms. The quantitative estimate of drug-likeness (QED) is 0.158. The molecule has 0 amide bonds. The zero-order valence-corrected chi connectivity index (χ0v) is 27.1. The maximum Gasteiger partial charge on any atom is 0.304 e. The van der Waals surface area contributed by atoms with Gasteiger partial charge in [-0.15, -0.1) is 0 Å². The van der Waals surface area contributed by atoms with Crippen molar-refractivity contribution < 1.29 is 4.92 Å². The van der Waals surface area contributed by atoms with Crippen LogP contribution in [0.2, 0.25) is 0 Å². The molecule has 4 aromatic carbocycles. The molecule has 51 heavy (non-hydrogen) atoms. The standard InChI is InChI=1S/C44H27N5O2/c50-49(51)44-37-27-35-24-22-33(46-35)25-32-21-23-34(45-32)26-36-38(28-13-5-1-6-14-28)39(29-15-7-2-8-16-29)42(47-36)40(30-17-9-3-10-18-30)43(48-37)41(44)31-19-11-4-12-20-31/h1-27H. The maximum absolute atomic E-state index is 13.2. The highest BCUT2D eigenvalue weighted by Crippen LogP contribution is 2.47. The van der Waals surface area contributed by atoms with Gasteiger partial charge in [0.15, 0.2) is 0 Å². The highest BCUT2D eigenvalue weighted by molar-refractivity contribution is 6.52. The predicted molar refractivity (Wildman–Crippen MR) is 206 cm³/mol. The second kappa shape index (κ2) is 12.4. The van der Waals surface area contributed by atoms with Crippen molar-refractivity contribution in [2.75, 3.05) is 0 Å². The predicted octanol–water partition coefficient (Wildman–Crippen LogP) is 9.29. The molecule has 0 unspecified atom stereocenters. The molecule has 0 saturated heterocycles. The van der Waals surface area contributed by atoms with Gasteiger partial charge in [0, 0.05) is 16.7 Å². The Labute approximate surface area is 294 Å². The van der Waals surface area contributed by atoms with E-state index in [2.05, 4.69) is 24.3 Å². The van der Waals surface area contributed by atoms with Crippen molar-refractivity contribution >= 4 is 45.1 Å². The molecule has 4 aromatic rings. The van der Waals surface area contributed by atoms with Crippen LogP contribution in [0.4, 0.5) is 0 Å². The maximum atomic E-state index is 13.2. The van der Waals surface area contributed by atoms with Crippen LogP contribution in [0.15, 0.2) is 212 Å². The average molecular weight is 658 g/mol. The number of nitro groups is 1. The van der Waals surface area contributed by atoms with Crippen LogP contribution in [0.5, 0.6) is 0 Å². The number of benzene rings is 4. The molecule has 9 rings (SSSR count). The first-order valence-corrected chi connectivity index (χ1v) is 16.6. The van der Waals surface area contributed by atoms with Crippen LogP contribution in [-0.2, 0) is 0 Å². The zero-order chi connectivity index (χ0) is 34.3. The van der Waals surface area contributed by atoms with E-state index in [-0.39, 0.29) is 16.3 Å². The molecule has 240 valence electrons. The van der Waals surface area contributed by atoms with Crippen LogP contribution in [0.25, 0.3) is 22.3 Å². The summed E-state index contributed by atoms with van der Waals surface area (Å²) in [5.41, 5.74) is 11.1. The Morgan fingerprint density at radius 2 is 0.922 bits per heavy atom. The molecule has 8 bridgehead atoms. The normalized spacial score (nSPS) is 17.6. The number of hydrogen-bond acceptors (Lipinski definition) is 6. The van der Waals surface area contributed by atoms with Crippen LogP contribution in [0, 0.1) is 10.1 Å². The largest absolute Gasteiger partial charge is 0.304 e. The van der Waals surface area contributed by atoms with Crippen LogP contribution >= 0.6 is 0 Å². The van der Waals surface area contributed by atoms with Gasteiger partial charge in [-0.3, -0.25) is 10.1 Å². The van der Waals surface area contributed by atoms with Crippen molar-refractivity contribution in [2.45, 2.75) is 0 Å². The Morgan fingerprint density at radius 1 is 0.451 bits per heavy atom. The van der Waals surface area contributed by atoms with Gasteiger partial charge in [-0.1, -0.05) is 121 Å². The molecule has 0 atom stereocenters. The fourth-order valence-corrected chi connectivity index (χ4v) is 6.89. The van der Waals surface area contributed by atoms with Crippen LogP contribution < -0.4 is 0 Å². The summed E-state index contributed by atoms with van der Waals surface area (Å²) >= 11 is 0. The molecule has 0 aliphatic carbocycles. The summed E-state index contributed by atoms with van der Waals surface area (Å²) < 4.78 is 0. The SMILES string of the molecule is O=[N+]([O-])C1=C(c2ccccc2)C2=C(c3ccccc3)C3=NC(=CC4=NC(=CC5=NC(=CC1=N2)C=C5)C=C4)C(c1ccccc1)=C3c1ccccc1. The number of allylic oxidation sites excluding steroid dienone is 11. The lowest BCUT2D eigenvalue weighted by molar-refractivity contribution is -0.413. The summed E-state index contributed by atoms with van der Waals surface area (Å²) in [5, 5.41) is 13.2. The number of aliphatic imine (C=N–C) groups is 4. The molecule has 5 heterocycles. The van der Waals surface area contributed by atoms with Crippen molar-refractivity contribution in [1.82, 2.24) is 0 Å². The highest BCUT2D eigenvalue weighted by Gasteiger charge is 2.39. The van der Waals surface area contributed by atoms with E-state index in [0.29, 0.717) is 39.5 Å². The molecule has 7 nitrogen and oxygen atoms in total. The molecule has 0 radical (unpaired) electrons. The molecule has 0 aromatic heterocycles. The first-order valence-electron chi connectivity index (χ1n) is 16.6. The monoisotopic (exact) mass is 657 g/mol. The Balaban J connectivity index is 1.46. The van der Waals surface area contributed by atoms with Crippen molar-refractivity contribution in [3.05, 3.63) is 225 Å². The van der Waals surface area contributed by atoms with E-state index in [1.807, 2.05) is 134 Å². The summed E-state index contributed by atoms with van der Waals surface area (Å²) in [6, 6.07) is 39.7. The molecule has 0 N–H and O–H groups in total.